The quantitative estimate of drug-likeness (QED) is 0.694. The third-order valence-corrected chi connectivity index (χ3v) is 4.77. The van der Waals surface area contributed by atoms with Crippen molar-refractivity contribution in [1.82, 2.24) is 4.90 Å². The Bertz CT molecular complexity index is 1080. The van der Waals surface area contributed by atoms with Crippen LogP contribution in [0.1, 0.15) is 23.6 Å². The maximum absolute atomic E-state index is 13.3. The van der Waals surface area contributed by atoms with Gasteiger partial charge in [-0.1, -0.05) is 24.3 Å². The number of carbonyl (C=O) groups is 3. The molecular formula is C20H13F3N3O4. The van der Waals surface area contributed by atoms with Gasteiger partial charge in [0.25, 0.3) is 5.91 Å². The van der Waals surface area contributed by atoms with Crippen molar-refractivity contribution in [3.63, 3.8) is 0 Å². The van der Waals surface area contributed by atoms with Crippen molar-refractivity contribution in [3.05, 3.63) is 65.2 Å². The van der Waals surface area contributed by atoms with Crippen LogP contribution in [0, 0.1) is 17.4 Å². The number of urea groups is 1. The van der Waals surface area contributed by atoms with Crippen LogP contribution >= 0.6 is 0 Å². The molecule has 2 aromatic rings. The molecule has 10 heteroatoms. The van der Waals surface area contributed by atoms with Gasteiger partial charge in [0.15, 0.2) is 5.54 Å². The predicted octanol–water partition coefficient (Wildman–Crippen LogP) is 3.83. The Morgan fingerprint density at radius 1 is 1.20 bits per heavy atom. The highest BCUT2D eigenvalue weighted by Crippen LogP contribution is 2.41. The molecule has 1 atom stereocenters. The standard InChI is InChI=1S/C20H13F3N3O4/c1-19(13-6-4-3-5-7-13)16(27)25(17(28)26(19)18(29)30-2)14-9-8-12(11-24)15(10-14)20(21,22)23/h4-10H,1-2H3. The van der Waals surface area contributed by atoms with E-state index in [2.05, 4.69) is 10.8 Å². The second-order valence-electron chi connectivity index (χ2n) is 6.43. The van der Waals surface area contributed by atoms with Gasteiger partial charge in [-0.3, -0.25) is 4.79 Å². The number of hydrogen-bond donors (Lipinski definition) is 0. The van der Waals surface area contributed by atoms with E-state index < -0.39 is 46.6 Å². The maximum atomic E-state index is 13.3. The van der Waals surface area contributed by atoms with Gasteiger partial charge in [-0.15, -0.1) is 0 Å². The van der Waals surface area contributed by atoms with E-state index in [-0.39, 0.29) is 5.56 Å². The Balaban J connectivity index is 2.21. The van der Waals surface area contributed by atoms with Gasteiger partial charge in [0.05, 0.1) is 30.0 Å². The number of imide groups is 2. The van der Waals surface area contributed by atoms with Crippen LogP contribution in [0.2, 0.25) is 0 Å². The normalized spacial score (nSPS) is 19.1. The van der Waals surface area contributed by atoms with E-state index in [1.54, 1.807) is 0 Å². The number of rotatable bonds is 2. The number of hydrogen-bond acceptors (Lipinski definition) is 5. The van der Waals surface area contributed by atoms with Crippen LogP contribution in [0.25, 0.3) is 0 Å². The maximum Gasteiger partial charge on any atom is 0.418 e. The summed E-state index contributed by atoms with van der Waals surface area (Å²) in [7, 11) is 1.01. The second-order valence-corrected chi connectivity index (χ2v) is 6.43. The molecule has 1 radical (unpaired) electrons. The summed E-state index contributed by atoms with van der Waals surface area (Å²) in [5.74, 6) is -0.957. The van der Waals surface area contributed by atoms with E-state index in [0.717, 1.165) is 19.2 Å². The molecule has 30 heavy (non-hydrogen) atoms. The molecule has 1 aliphatic rings. The second kappa shape index (κ2) is 7.18. The number of alkyl halides is 3. The zero-order valence-electron chi connectivity index (χ0n) is 15.6. The lowest BCUT2D eigenvalue weighted by Gasteiger charge is -2.29. The number of carbonyl (C=O) groups excluding carboxylic acids is 3. The molecule has 0 N–H and O–H groups in total. The Hall–Kier alpha value is -3.87. The summed E-state index contributed by atoms with van der Waals surface area (Å²) in [6.45, 7) is 1.29. The summed E-state index contributed by atoms with van der Waals surface area (Å²) < 4.78 is 44.7. The number of halogens is 3. The molecule has 1 heterocycles. The van der Waals surface area contributed by atoms with Gasteiger partial charge < -0.3 is 4.74 Å². The SMILES string of the molecule is COC(=O)N1C(=O)N(c2ccc(C#N)c(C(F)(F)F)c2)C(=O)C1(C)c1cc[c]cc1. The minimum atomic E-state index is -4.90. The van der Waals surface area contributed by atoms with Crippen molar-refractivity contribution >= 4 is 23.7 Å². The highest BCUT2D eigenvalue weighted by Gasteiger charge is 2.59. The summed E-state index contributed by atoms with van der Waals surface area (Å²) in [5, 5.41) is 8.95. The number of ether oxygens (including phenoxy) is 1. The first-order chi connectivity index (χ1) is 14.1. The van der Waals surface area contributed by atoms with E-state index in [1.807, 2.05) is 0 Å². The molecule has 0 saturated carbocycles. The van der Waals surface area contributed by atoms with Crippen molar-refractivity contribution in [2.45, 2.75) is 18.6 Å². The van der Waals surface area contributed by atoms with Crippen molar-refractivity contribution in [2.24, 2.45) is 0 Å². The highest BCUT2D eigenvalue weighted by atomic mass is 19.4. The van der Waals surface area contributed by atoms with E-state index >= 15 is 0 Å². The molecule has 3 rings (SSSR count). The lowest BCUT2D eigenvalue weighted by Crippen LogP contribution is -2.47. The zero-order chi connectivity index (χ0) is 22.3. The van der Waals surface area contributed by atoms with E-state index in [1.165, 1.54) is 37.3 Å². The number of benzene rings is 2. The molecular weight excluding hydrogens is 403 g/mol. The zero-order valence-corrected chi connectivity index (χ0v) is 15.6. The molecule has 7 nitrogen and oxygen atoms in total. The van der Waals surface area contributed by atoms with Gasteiger partial charge in [0, 0.05) is 0 Å². The van der Waals surface area contributed by atoms with Crippen LogP contribution in [0.15, 0.2) is 42.5 Å². The van der Waals surface area contributed by atoms with Crippen molar-refractivity contribution in [2.75, 3.05) is 12.0 Å². The molecule has 0 aromatic heterocycles. The third-order valence-electron chi connectivity index (χ3n) is 4.77. The van der Waals surface area contributed by atoms with Gasteiger partial charge in [-0.2, -0.15) is 18.4 Å². The minimum absolute atomic E-state index is 0.234. The fourth-order valence-corrected chi connectivity index (χ4v) is 3.24. The average Bonchev–Trinajstić information content (AvgIpc) is 2.93. The van der Waals surface area contributed by atoms with E-state index in [0.29, 0.717) is 15.9 Å². The molecule has 0 aliphatic carbocycles. The summed E-state index contributed by atoms with van der Waals surface area (Å²) in [5.41, 5.74) is -4.05. The van der Waals surface area contributed by atoms with Crippen LogP contribution in [0.5, 0.6) is 0 Å². The molecule has 1 aliphatic heterocycles. The number of anilines is 1. The molecule has 1 unspecified atom stereocenters. The third kappa shape index (κ3) is 3.04. The lowest BCUT2D eigenvalue weighted by atomic mass is 9.90. The Morgan fingerprint density at radius 3 is 2.37 bits per heavy atom. The van der Waals surface area contributed by atoms with Crippen molar-refractivity contribution in [3.8, 4) is 6.07 Å². The fraction of sp³-hybridized carbons (Fsp3) is 0.200. The molecule has 2 aromatic carbocycles. The molecule has 153 valence electrons. The number of amides is 4. The summed E-state index contributed by atoms with van der Waals surface area (Å²) in [6, 6.07) is 11.2. The summed E-state index contributed by atoms with van der Waals surface area (Å²) in [6.07, 6.45) is -6.05. The lowest BCUT2D eigenvalue weighted by molar-refractivity contribution is -0.137. The fourth-order valence-electron chi connectivity index (χ4n) is 3.24. The molecule has 1 fully saturated rings. The van der Waals surface area contributed by atoms with E-state index in [4.69, 9.17) is 5.26 Å². The van der Waals surface area contributed by atoms with Crippen molar-refractivity contribution < 1.29 is 32.3 Å². The molecule has 0 spiro atoms. The first-order valence-electron chi connectivity index (χ1n) is 8.42. The number of methoxy groups -OCH3 is 1. The van der Waals surface area contributed by atoms with Crippen LogP contribution in [-0.4, -0.2) is 30.0 Å². The Kier molecular flexibility index (Phi) is 4.99. The number of nitriles is 1. The largest absolute Gasteiger partial charge is 0.452 e. The topological polar surface area (TPSA) is 90.7 Å². The Labute approximate surface area is 168 Å². The monoisotopic (exact) mass is 416 g/mol. The molecule has 1 saturated heterocycles. The first-order valence-corrected chi connectivity index (χ1v) is 8.42. The van der Waals surface area contributed by atoms with Gasteiger partial charge in [-0.25, -0.2) is 19.4 Å². The van der Waals surface area contributed by atoms with Crippen molar-refractivity contribution in [1.29, 1.82) is 5.26 Å². The smallest absolute Gasteiger partial charge is 0.418 e. The van der Waals surface area contributed by atoms with Gasteiger partial charge in [-0.05, 0) is 36.8 Å². The molecule has 0 bridgehead atoms. The van der Waals surface area contributed by atoms with Crippen LogP contribution in [-0.2, 0) is 21.2 Å². The van der Waals surface area contributed by atoms with Gasteiger partial charge in [0.1, 0.15) is 0 Å². The van der Waals surface area contributed by atoms with Crippen LogP contribution in [0.3, 0.4) is 0 Å². The Morgan fingerprint density at radius 2 is 1.83 bits per heavy atom. The summed E-state index contributed by atoms with van der Waals surface area (Å²) in [4.78, 5) is 39.6. The average molecular weight is 416 g/mol. The van der Waals surface area contributed by atoms with Gasteiger partial charge >= 0.3 is 18.3 Å². The number of nitrogens with zero attached hydrogens (tertiary/aromatic N) is 3. The first kappa shape index (κ1) is 20.9. The molecule has 4 amide bonds. The highest BCUT2D eigenvalue weighted by molar-refractivity contribution is 6.26. The van der Waals surface area contributed by atoms with Crippen LogP contribution in [0.4, 0.5) is 28.4 Å². The summed E-state index contributed by atoms with van der Waals surface area (Å²) >= 11 is 0. The van der Waals surface area contributed by atoms with Gasteiger partial charge in [0.2, 0.25) is 0 Å². The van der Waals surface area contributed by atoms with Crippen LogP contribution < -0.4 is 4.90 Å². The van der Waals surface area contributed by atoms with E-state index in [9.17, 15) is 27.6 Å². The minimum Gasteiger partial charge on any atom is -0.452 e. The predicted molar refractivity (Wildman–Crippen MR) is 95.9 cm³/mol.